The second-order valence-corrected chi connectivity index (χ2v) is 9.35. The summed E-state index contributed by atoms with van der Waals surface area (Å²) in [6, 6.07) is 9.33. The van der Waals surface area contributed by atoms with E-state index in [-0.39, 0.29) is 0 Å². The van der Waals surface area contributed by atoms with E-state index in [4.69, 9.17) is 16.5 Å². The number of rotatable bonds is 3. The Bertz CT molecular complexity index is 363. The summed E-state index contributed by atoms with van der Waals surface area (Å²) in [5.41, 5.74) is 0.611. The van der Waals surface area contributed by atoms with Gasteiger partial charge in [-0.2, -0.15) is 0 Å². The van der Waals surface area contributed by atoms with Crippen molar-refractivity contribution in [3.63, 3.8) is 0 Å². The van der Waals surface area contributed by atoms with Crippen molar-refractivity contribution >= 4 is 23.1 Å². The minimum absolute atomic E-state index is 0.611. The normalized spacial score (nSPS) is 30.6. The van der Waals surface area contributed by atoms with Crippen molar-refractivity contribution in [3.8, 4) is 0 Å². The molecule has 1 saturated heterocycles. The van der Waals surface area contributed by atoms with Gasteiger partial charge in [0.05, 0.1) is 6.61 Å². The smallest absolute Gasteiger partial charge is 0.0540 e. The highest BCUT2D eigenvalue weighted by atomic mass is 32.4. The van der Waals surface area contributed by atoms with Crippen LogP contribution < -0.4 is 5.30 Å². The molecule has 82 valence electrons. The van der Waals surface area contributed by atoms with E-state index in [9.17, 15) is 0 Å². The van der Waals surface area contributed by atoms with E-state index in [1.54, 1.807) is 7.11 Å². The molecule has 1 aromatic rings. The van der Waals surface area contributed by atoms with Crippen molar-refractivity contribution in [2.75, 3.05) is 19.9 Å². The zero-order chi connectivity index (χ0) is 10.7. The lowest BCUT2D eigenvalue weighted by Gasteiger charge is -2.24. The van der Waals surface area contributed by atoms with Crippen molar-refractivity contribution in [3.05, 3.63) is 30.3 Å². The first-order valence-corrected chi connectivity index (χ1v) is 8.46. The molecule has 1 nitrogen and oxygen atoms in total. The Balaban J connectivity index is 2.29. The Labute approximate surface area is 96.8 Å². The number of benzene rings is 1. The topological polar surface area (TPSA) is 9.23 Å². The molecule has 15 heavy (non-hydrogen) atoms. The van der Waals surface area contributed by atoms with Crippen LogP contribution in [-0.4, -0.2) is 25.5 Å². The highest BCUT2D eigenvalue weighted by Gasteiger charge is 2.34. The molecule has 3 heteroatoms. The molecule has 0 radical (unpaired) electrons. The number of hydrogen-bond acceptors (Lipinski definition) is 2. The monoisotopic (exact) mass is 240 g/mol. The predicted octanol–water partition coefficient (Wildman–Crippen LogP) is 2.60. The molecule has 0 bridgehead atoms. The van der Waals surface area contributed by atoms with Crippen molar-refractivity contribution in [1.29, 1.82) is 0 Å². The quantitative estimate of drug-likeness (QED) is 0.751. The van der Waals surface area contributed by atoms with Gasteiger partial charge in [-0.3, -0.25) is 0 Å². The molecular formula is C12H17OPS. The molecule has 1 unspecified atom stereocenters. The van der Waals surface area contributed by atoms with Crippen LogP contribution >= 0.6 is 6.04 Å². The van der Waals surface area contributed by atoms with Gasteiger partial charge in [0, 0.05) is 12.8 Å². The van der Waals surface area contributed by atoms with Gasteiger partial charge < -0.3 is 4.74 Å². The predicted molar refractivity (Wildman–Crippen MR) is 70.1 cm³/mol. The molecular weight excluding hydrogens is 223 g/mol. The van der Waals surface area contributed by atoms with E-state index < -0.39 is 6.04 Å². The van der Waals surface area contributed by atoms with Crippen LogP contribution in [0.3, 0.4) is 0 Å². The Morgan fingerprint density at radius 3 is 2.80 bits per heavy atom. The third-order valence-electron chi connectivity index (χ3n) is 3.17. The van der Waals surface area contributed by atoms with E-state index in [2.05, 4.69) is 30.3 Å². The molecule has 1 aliphatic rings. The number of hydrogen-bond donors (Lipinski definition) is 0. The van der Waals surface area contributed by atoms with Crippen LogP contribution in [0.1, 0.15) is 12.8 Å². The first kappa shape index (κ1) is 11.3. The molecule has 0 amide bonds. The second kappa shape index (κ2) is 4.78. The van der Waals surface area contributed by atoms with Crippen LogP contribution in [0.2, 0.25) is 0 Å². The molecule has 0 spiro atoms. The van der Waals surface area contributed by atoms with Gasteiger partial charge in [0.25, 0.3) is 0 Å². The van der Waals surface area contributed by atoms with E-state index in [0.717, 1.165) is 6.61 Å². The summed E-state index contributed by atoms with van der Waals surface area (Å²) >= 11 is 5.95. The van der Waals surface area contributed by atoms with Gasteiger partial charge in [-0.05, 0) is 30.3 Å². The van der Waals surface area contributed by atoms with Crippen molar-refractivity contribution in [2.24, 2.45) is 0 Å². The highest BCUT2D eigenvalue weighted by Crippen LogP contribution is 2.57. The van der Waals surface area contributed by atoms with E-state index in [1.807, 2.05) is 0 Å². The number of ether oxygens (including phenoxy) is 1. The SMILES string of the molecule is COC[C@H]1CCCP1(=S)c1ccccc1. The van der Waals surface area contributed by atoms with Crippen LogP contribution in [0, 0.1) is 0 Å². The van der Waals surface area contributed by atoms with Gasteiger partial charge in [0.15, 0.2) is 0 Å². The molecule has 2 atom stereocenters. The first-order chi connectivity index (χ1) is 7.27. The van der Waals surface area contributed by atoms with Gasteiger partial charge >= 0.3 is 0 Å². The fourth-order valence-electron chi connectivity index (χ4n) is 2.37. The Morgan fingerprint density at radius 1 is 1.40 bits per heavy atom. The Hall–Kier alpha value is -0.170. The zero-order valence-electron chi connectivity index (χ0n) is 9.06. The van der Waals surface area contributed by atoms with E-state index in [1.165, 1.54) is 24.3 Å². The average Bonchev–Trinajstić information content (AvgIpc) is 2.64. The molecule has 2 rings (SSSR count). The summed E-state index contributed by atoms with van der Waals surface area (Å²) in [5.74, 6) is 0. The summed E-state index contributed by atoms with van der Waals surface area (Å²) in [6.07, 6.45) is 3.75. The maximum atomic E-state index is 5.95. The fraction of sp³-hybridized carbons (Fsp3) is 0.500. The molecule has 0 aromatic heterocycles. The minimum Gasteiger partial charge on any atom is -0.384 e. The zero-order valence-corrected chi connectivity index (χ0v) is 10.8. The maximum absolute atomic E-state index is 5.95. The van der Waals surface area contributed by atoms with Gasteiger partial charge in [0.2, 0.25) is 0 Å². The third kappa shape index (κ3) is 2.18. The molecule has 1 fully saturated rings. The molecule has 1 aromatic carbocycles. The van der Waals surface area contributed by atoms with Gasteiger partial charge in [-0.15, -0.1) is 0 Å². The lowest BCUT2D eigenvalue weighted by atomic mass is 10.3. The average molecular weight is 240 g/mol. The van der Waals surface area contributed by atoms with Crippen LogP contribution in [-0.2, 0) is 16.5 Å². The molecule has 1 heterocycles. The third-order valence-corrected chi connectivity index (χ3v) is 8.98. The van der Waals surface area contributed by atoms with E-state index in [0.29, 0.717) is 5.66 Å². The molecule has 0 aliphatic carbocycles. The second-order valence-electron chi connectivity index (χ2n) is 4.11. The van der Waals surface area contributed by atoms with Crippen LogP contribution in [0.5, 0.6) is 0 Å². The van der Waals surface area contributed by atoms with Gasteiger partial charge in [0.1, 0.15) is 0 Å². The lowest BCUT2D eigenvalue weighted by Crippen LogP contribution is -2.18. The summed E-state index contributed by atoms with van der Waals surface area (Å²) in [7, 11) is 1.78. The van der Waals surface area contributed by atoms with Crippen molar-refractivity contribution < 1.29 is 4.74 Å². The van der Waals surface area contributed by atoms with Crippen LogP contribution in [0.4, 0.5) is 0 Å². The lowest BCUT2D eigenvalue weighted by molar-refractivity contribution is 0.197. The Morgan fingerprint density at radius 2 is 2.13 bits per heavy atom. The van der Waals surface area contributed by atoms with Crippen molar-refractivity contribution in [1.82, 2.24) is 0 Å². The summed E-state index contributed by atoms with van der Waals surface area (Å²) in [5, 5.41) is 1.40. The molecule has 1 aliphatic heterocycles. The highest BCUT2D eigenvalue weighted by molar-refractivity contribution is 8.18. The van der Waals surface area contributed by atoms with Crippen molar-refractivity contribution in [2.45, 2.75) is 18.5 Å². The minimum atomic E-state index is -1.34. The summed E-state index contributed by atoms with van der Waals surface area (Å²) in [4.78, 5) is 0. The van der Waals surface area contributed by atoms with E-state index >= 15 is 0 Å². The standard InChI is InChI=1S/C12H17OPS/c1-13-10-12-8-5-9-14(12,15)11-6-3-2-4-7-11/h2-4,6-7,12H,5,8-10H2,1H3/t12-,14?/m1/s1. The van der Waals surface area contributed by atoms with Crippen LogP contribution in [0.15, 0.2) is 30.3 Å². The summed E-state index contributed by atoms with van der Waals surface area (Å²) in [6.45, 7) is 0.839. The van der Waals surface area contributed by atoms with Crippen LogP contribution in [0.25, 0.3) is 0 Å². The first-order valence-electron chi connectivity index (χ1n) is 5.40. The number of methoxy groups -OCH3 is 1. The Kier molecular flexibility index (Phi) is 3.60. The van der Waals surface area contributed by atoms with Gasteiger partial charge in [-0.1, -0.05) is 42.1 Å². The fourth-order valence-corrected chi connectivity index (χ4v) is 6.98. The maximum Gasteiger partial charge on any atom is 0.0540 e. The largest absolute Gasteiger partial charge is 0.384 e. The summed E-state index contributed by atoms with van der Waals surface area (Å²) < 4.78 is 5.30. The molecule has 0 N–H and O–H groups in total. The van der Waals surface area contributed by atoms with Gasteiger partial charge in [-0.25, -0.2) is 0 Å². The molecule has 0 saturated carbocycles.